The number of anilines is 1. The van der Waals surface area contributed by atoms with Gasteiger partial charge in [-0.3, -0.25) is 24.6 Å². The Kier molecular flexibility index (Phi) is 6.13. The maximum absolute atomic E-state index is 13.1. The molecule has 34 heavy (non-hydrogen) atoms. The third-order valence-corrected chi connectivity index (χ3v) is 5.30. The molecule has 0 aliphatic carbocycles. The smallest absolute Gasteiger partial charge is 0.301 e. The molecule has 1 fully saturated rings. The number of aliphatic hydroxyl groups excluding tert-OH is 1. The first-order valence-corrected chi connectivity index (χ1v) is 10.5. The Labute approximate surface area is 194 Å². The largest absolute Gasteiger partial charge is 0.507 e. The van der Waals surface area contributed by atoms with E-state index in [4.69, 9.17) is 9.26 Å². The lowest BCUT2D eigenvalue weighted by Gasteiger charge is -2.22. The molecule has 2 aromatic carbocycles. The number of benzene rings is 2. The highest BCUT2D eigenvalue weighted by atomic mass is 16.6. The number of hydrogen-bond donors (Lipinski definition) is 1. The molecule has 0 spiro atoms. The number of hydrogen-bond acceptors (Lipinski definition) is 8. The molecule has 0 unspecified atom stereocenters. The number of ether oxygens (including phenoxy) is 1. The van der Waals surface area contributed by atoms with Crippen molar-refractivity contribution in [3.63, 3.8) is 0 Å². The molecule has 1 aliphatic rings. The Balaban J connectivity index is 1.87. The fraction of sp³-hybridized carbons (Fsp3) is 0.208. The molecule has 1 N–H and O–H groups in total. The highest BCUT2D eigenvalue weighted by Crippen LogP contribution is 2.42. The van der Waals surface area contributed by atoms with Gasteiger partial charge in [0.05, 0.1) is 23.1 Å². The highest BCUT2D eigenvalue weighted by Gasteiger charge is 2.48. The summed E-state index contributed by atoms with van der Waals surface area (Å²) in [5, 5.41) is 26.3. The third-order valence-electron chi connectivity index (χ3n) is 5.30. The van der Waals surface area contributed by atoms with Crippen LogP contribution in [-0.4, -0.2) is 33.5 Å². The zero-order valence-corrected chi connectivity index (χ0v) is 18.4. The van der Waals surface area contributed by atoms with Gasteiger partial charge in [0.1, 0.15) is 17.3 Å². The quantitative estimate of drug-likeness (QED) is 0.180. The number of carbonyl (C=O) groups is 2. The van der Waals surface area contributed by atoms with Gasteiger partial charge in [-0.1, -0.05) is 24.2 Å². The van der Waals surface area contributed by atoms with Crippen LogP contribution in [0.1, 0.15) is 36.3 Å². The summed E-state index contributed by atoms with van der Waals surface area (Å²) in [7, 11) is 0. The lowest BCUT2D eigenvalue weighted by molar-refractivity contribution is -0.384. The molecule has 1 atom stereocenters. The fourth-order valence-electron chi connectivity index (χ4n) is 3.74. The van der Waals surface area contributed by atoms with E-state index in [2.05, 4.69) is 5.16 Å². The van der Waals surface area contributed by atoms with E-state index < -0.39 is 28.4 Å². The van der Waals surface area contributed by atoms with Gasteiger partial charge in [-0.05, 0) is 43.2 Å². The van der Waals surface area contributed by atoms with E-state index >= 15 is 0 Å². The first-order chi connectivity index (χ1) is 16.3. The monoisotopic (exact) mass is 463 g/mol. The Hall–Kier alpha value is -4.47. The standard InChI is InChI=1S/C24H21N3O7/c1-3-11-33-18-9-7-15(8-10-18)22(28)20-21(16-5-4-6-17(13-16)27(31)32)26(24(30)23(20)29)19-12-14(2)34-25-19/h4-10,12-13,21,28H,3,11H2,1-2H3/t21-/m0/s1. The van der Waals surface area contributed by atoms with Gasteiger partial charge in [0.25, 0.3) is 11.5 Å². The Morgan fingerprint density at radius 2 is 1.94 bits per heavy atom. The Morgan fingerprint density at radius 3 is 2.56 bits per heavy atom. The maximum atomic E-state index is 13.1. The SMILES string of the molecule is CCCOc1ccc(C(O)=C2C(=O)C(=O)N(c3cc(C)on3)[C@H]2c2cccc([N+](=O)[O-])c2)cc1. The molecule has 0 radical (unpaired) electrons. The topological polar surface area (TPSA) is 136 Å². The van der Waals surface area contributed by atoms with Gasteiger partial charge >= 0.3 is 5.91 Å². The fourth-order valence-corrected chi connectivity index (χ4v) is 3.74. The van der Waals surface area contributed by atoms with Crippen LogP contribution < -0.4 is 9.64 Å². The summed E-state index contributed by atoms with van der Waals surface area (Å²) in [6.07, 6.45) is 0.829. The van der Waals surface area contributed by atoms with Crippen LogP contribution in [0.4, 0.5) is 11.5 Å². The summed E-state index contributed by atoms with van der Waals surface area (Å²) >= 11 is 0. The van der Waals surface area contributed by atoms with E-state index in [-0.39, 0.29) is 28.2 Å². The van der Waals surface area contributed by atoms with Crippen molar-refractivity contribution in [2.24, 2.45) is 0 Å². The number of amides is 1. The van der Waals surface area contributed by atoms with Crippen molar-refractivity contribution < 1.29 is 28.9 Å². The number of nitrogens with zero attached hydrogens (tertiary/aromatic N) is 3. The maximum Gasteiger partial charge on any atom is 0.301 e. The molecule has 174 valence electrons. The molecule has 1 saturated heterocycles. The number of ketones is 1. The second-order valence-electron chi connectivity index (χ2n) is 7.69. The van der Waals surface area contributed by atoms with Crippen LogP contribution in [-0.2, 0) is 9.59 Å². The minimum absolute atomic E-state index is 0.0541. The van der Waals surface area contributed by atoms with Crippen LogP contribution in [0.15, 0.2) is 64.7 Å². The van der Waals surface area contributed by atoms with Crippen molar-refractivity contribution >= 4 is 29.0 Å². The molecule has 10 nitrogen and oxygen atoms in total. The summed E-state index contributed by atoms with van der Waals surface area (Å²) in [5.41, 5.74) is 0.109. The Morgan fingerprint density at radius 1 is 1.21 bits per heavy atom. The summed E-state index contributed by atoms with van der Waals surface area (Å²) in [4.78, 5) is 38.0. The predicted octanol–water partition coefficient (Wildman–Crippen LogP) is 4.31. The molecule has 2 heterocycles. The molecule has 1 aromatic heterocycles. The minimum Gasteiger partial charge on any atom is -0.507 e. The molecule has 3 aromatic rings. The molecule has 1 aliphatic heterocycles. The average molecular weight is 463 g/mol. The van der Waals surface area contributed by atoms with Crippen LogP contribution in [0.25, 0.3) is 5.76 Å². The van der Waals surface area contributed by atoms with Crippen molar-refractivity contribution in [3.8, 4) is 5.75 Å². The number of non-ortho nitro benzene ring substituents is 1. The molecular formula is C24H21N3O7. The molecule has 4 rings (SSSR count). The zero-order chi connectivity index (χ0) is 24.4. The average Bonchev–Trinajstić information content (AvgIpc) is 3.38. The van der Waals surface area contributed by atoms with E-state index in [0.717, 1.165) is 11.3 Å². The molecule has 10 heteroatoms. The van der Waals surface area contributed by atoms with Gasteiger partial charge in [0, 0.05) is 23.8 Å². The van der Waals surface area contributed by atoms with Gasteiger partial charge in [0.2, 0.25) is 0 Å². The van der Waals surface area contributed by atoms with Crippen molar-refractivity contribution in [2.75, 3.05) is 11.5 Å². The van der Waals surface area contributed by atoms with E-state index in [1.54, 1.807) is 37.3 Å². The van der Waals surface area contributed by atoms with E-state index in [0.29, 0.717) is 18.1 Å². The van der Waals surface area contributed by atoms with Crippen LogP contribution in [0, 0.1) is 17.0 Å². The highest BCUT2D eigenvalue weighted by molar-refractivity contribution is 6.51. The van der Waals surface area contributed by atoms with Gasteiger partial charge in [-0.15, -0.1) is 0 Å². The third kappa shape index (κ3) is 4.13. The number of Topliss-reactive ketones (excluding diaryl/α,β-unsaturated/α-hetero) is 1. The molecule has 0 bridgehead atoms. The summed E-state index contributed by atoms with van der Waals surface area (Å²) in [6.45, 7) is 4.13. The van der Waals surface area contributed by atoms with Crippen LogP contribution in [0.5, 0.6) is 5.75 Å². The second-order valence-corrected chi connectivity index (χ2v) is 7.69. The van der Waals surface area contributed by atoms with Crippen molar-refractivity contribution in [1.29, 1.82) is 0 Å². The number of carbonyl (C=O) groups excluding carboxylic acids is 2. The van der Waals surface area contributed by atoms with Gasteiger partial charge in [-0.25, -0.2) is 0 Å². The molecule has 0 saturated carbocycles. The number of aromatic nitrogens is 1. The predicted molar refractivity (Wildman–Crippen MR) is 121 cm³/mol. The first kappa shape index (κ1) is 22.7. The zero-order valence-electron chi connectivity index (χ0n) is 18.4. The number of rotatable bonds is 7. The summed E-state index contributed by atoms with van der Waals surface area (Å²) in [5.74, 6) is -1.25. The minimum atomic E-state index is -1.15. The lowest BCUT2D eigenvalue weighted by Crippen LogP contribution is -2.29. The molecular weight excluding hydrogens is 442 g/mol. The van der Waals surface area contributed by atoms with Crippen LogP contribution >= 0.6 is 0 Å². The summed E-state index contributed by atoms with van der Waals surface area (Å²) in [6, 6.07) is 12.3. The van der Waals surface area contributed by atoms with Crippen LogP contribution in [0.3, 0.4) is 0 Å². The molecule has 1 amide bonds. The van der Waals surface area contributed by atoms with E-state index in [1.807, 2.05) is 6.92 Å². The normalized spacial score (nSPS) is 17.2. The number of nitro benzene ring substituents is 1. The lowest BCUT2D eigenvalue weighted by atomic mass is 9.95. The van der Waals surface area contributed by atoms with E-state index in [9.17, 15) is 24.8 Å². The Bertz CT molecular complexity index is 1290. The van der Waals surface area contributed by atoms with Crippen molar-refractivity contribution in [3.05, 3.63) is 87.2 Å². The second kappa shape index (κ2) is 9.18. The van der Waals surface area contributed by atoms with Gasteiger partial charge < -0.3 is 14.4 Å². The van der Waals surface area contributed by atoms with E-state index in [1.165, 1.54) is 24.3 Å². The summed E-state index contributed by atoms with van der Waals surface area (Å²) < 4.78 is 10.6. The number of aliphatic hydroxyl groups is 1. The number of aryl methyl sites for hydroxylation is 1. The first-order valence-electron chi connectivity index (χ1n) is 10.5. The van der Waals surface area contributed by atoms with Crippen LogP contribution in [0.2, 0.25) is 0 Å². The van der Waals surface area contributed by atoms with Crippen molar-refractivity contribution in [1.82, 2.24) is 5.16 Å². The van der Waals surface area contributed by atoms with Gasteiger partial charge in [-0.2, -0.15) is 0 Å². The van der Waals surface area contributed by atoms with Crippen molar-refractivity contribution in [2.45, 2.75) is 26.3 Å². The number of nitro groups is 1. The van der Waals surface area contributed by atoms with Gasteiger partial charge in [0.15, 0.2) is 5.82 Å².